The summed E-state index contributed by atoms with van der Waals surface area (Å²) in [6.07, 6.45) is 3.36. The van der Waals surface area contributed by atoms with E-state index < -0.39 is 6.10 Å². The van der Waals surface area contributed by atoms with Gasteiger partial charge in [0.1, 0.15) is 0 Å². The quantitative estimate of drug-likeness (QED) is 0.834. The van der Waals surface area contributed by atoms with Crippen molar-refractivity contribution in [1.82, 2.24) is 13.7 Å². The van der Waals surface area contributed by atoms with Crippen molar-refractivity contribution in [3.05, 3.63) is 28.5 Å². The van der Waals surface area contributed by atoms with E-state index in [1.54, 1.807) is 17.9 Å². The van der Waals surface area contributed by atoms with Crippen LogP contribution < -0.4 is 0 Å². The zero-order chi connectivity index (χ0) is 9.10. The summed E-state index contributed by atoms with van der Waals surface area (Å²) in [5.41, 5.74) is 2.53. The first-order chi connectivity index (χ1) is 6.36. The lowest BCUT2D eigenvalue weighted by molar-refractivity contribution is 0.181. The van der Waals surface area contributed by atoms with E-state index in [4.69, 9.17) is 0 Å². The van der Waals surface area contributed by atoms with Crippen LogP contribution in [-0.2, 0) is 6.42 Å². The van der Waals surface area contributed by atoms with Gasteiger partial charge in [-0.05, 0) is 0 Å². The third-order valence-corrected chi connectivity index (χ3v) is 2.98. The molecule has 0 saturated heterocycles. The minimum absolute atomic E-state index is 0.503. The van der Waals surface area contributed by atoms with Crippen molar-refractivity contribution in [3.63, 3.8) is 0 Å². The van der Waals surface area contributed by atoms with E-state index in [1.165, 1.54) is 11.3 Å². The van der Waals surface area contributed by atoms with E-state index >= 15 is 0 Å². The van der Waals surface area contributed by atoms with Crippen LogP contribution in [0.25, 0.3) is 0 Å². The molecule has 0 aromatic carbocycles. The lowest BCUT2D eigenvalue weighted by Gasteiger charge is -2.03. The molecule has 2 heterocycles. The molecule has 2 aromatic rings. The fourth-order valence-electron chi connectivity index (χ4n) is 0.963. The third-order valence-electron chi connectivity index (χ3n) is 1.59. The van der Waals surface area contributed by atoms with Gasteiger partial charge in [0, 0.05) is 12.6 Å². The molecule has 0 fully saturated rings. The van der Waals surface area contributed by atoms with E-state index in [2.05, 4.69) is 13.7 Å². The standard InChI is InChI=1S/C7H7N3OS2/c11-6(7-3-8-4-12-7)1-5-2-9-13-10-5/h2-4,6,11H,1H2. The van der Waals surface area contributed by atoms with Gasteiger partial charge in [-0.2, -0.15) is 8.75 Å². The summed E-state index contributed by atoms with van der Waals surface area (Å²) in [6.45, 7) is 0. The Hall–Kier alpha value is -0.850. The van der Waals surface area contributed by atoms with Crippen LogP contribution in [-0.4, -0.2) is 18.8 Å². The molecule has 0 saturated carbocycles. The molecular formula is C7H7N3OS2. The molecule has 0 spiro atoms. The lowest BCUT2D eigenvalue weighted by atomic mass is 10.2. The van der Waals surface area contributed by atoms with Crippen molar-refractivity contribution in [2.45, 2.75) is 12.5 Å². The molecule has 0 aliphatic carbocycles. The zero-order valence-corrected chi connectivity index (χ0v) is 8.25. The van der Waals surface area contributed by atoms with E-state index in [9.17, 15) is 5.11 Å². The average Bonchev–Trinajstić information content (AvgIpc) is 2.74. The van der Waals surface area contributed by atoms with Gasteiger partial charge < -0.3 is 5.11 Å². The molecule has 68 valence electrons. The molecule has 1 atom stereocenters. The normalized spacial score (nSPS) is 13.0. The van der Waals surface area contributed by atoms with E-state index in [0.717, 1.165) is 22.3 Å². The Morgan fingerprint density at radius 1 is 1.46 bits per heavy atom. The number of rotatable bonds is 3. The van der Waals surface area contributed by atoms with E-state index in [0.29, 0.717) is 6.42 Å². The number of hydrogen-bond donors (Lipinski definition) is 1. The van der Waals surface area contributed by atoms with Crippen LogP contribution in [0.3, 0.4) is 0 Å². The molecule has 0 aliphatic heterocycles. The van der Waals surface area contributed by atoms with Crippen LogP contribution in [0.15, 0.2) is 17.9 Å². The number of hydrogen-bond acceptors (Lipinski definition) is 6. The molecule has 0 amide bonds. The summed E-state index contributed by atoms with van der Waals surface area (Å²) in [7, 11) is 0. The van der Waals surface area contributed by atoms with Gasteiger partial charge in [0.15, 0.2) is 0 Å². The topological polar surface area (TPSA) is 58.9 Å². The monoisotopic (exact) mass is 213 g/mol. The summed E-state index contributed by atoms with van der Waals surface area (Å²) in [4.78, 5) is 4.77. The highest BCUT2D eigenvalue weighted by Gasteiger charge is 2.11. The van der Waals surface area contributed by atoms with E-state index in [-0.39, 0.29) is 0 Å². The van der Waals surface area contributed by atoms with Gasteiger partial charge in [-0.3, -0.25) is 4.98 Å². The van der Waals surface area contributed by atoms with Crippen molar-refractivity contribution < 1.29 is 5.11 Å². The molecule has 0 bridgehead atoms. The van der Waals surface area contributed by atoms with Gasteiger partial charge in [-0.25, -0.2) is 0 Å². The summed E-state index contributed by atoms with van der Waals surface area (Å²) >= 11 is 2.60. The lowest BCUT2D eigenvalue weighted by Crippen LogP contribution is -1.99. The highest BCUT2D eigenvalue weighted by atomic mass is 32.1. The second kappa shape index (κ2) is 3.91. The summed E-state index contributed by atoms with van der Waals surface area (Å²) in [5.74, 6) is 0. The van der Waals surface area contributed by atoms with Crippen LogP contribution in [0, 0.1) is 0 Å². The van der Waals surface area contributed by atoms with E-state index in [1.807, 2.05) is 0 Å². The number of aromatic nitrogens is 3. The highest BCUT2D eigenvalue weighted by Crippen LogP contribution is 2.20. The Labute approximate surface area is 83.2 Å². The molecule has 0 radical (unpaired) electrons. The summed E-state index contributed by atoms with van der Waals surface area (Å²) < 4.78 is 7.88. The third kappa shape index (κ3) is 2.09. The van der Waals surface area contributed by atoms with Crippen LogP contribution in [0.5, 0.6) is 0 Å². The summed E-state index contributed by atoms with van der Waals surface area (Å²) in [6, 6.07) is 0. The Morgan fingerprint density at radius 2 is 2.38 bits per heavy atom. The van der Waals surface area contributed by atoms with Crippen LogP contribution >= 0.6 is 23.1 Å². The Kier molecular flexibility index (Phi) is 2.62. The second-order valence-electron chi connectivity index (χ2n) is 2.52. The minimum atomic E-state index is -0.503. The molecule has 2 aromatic heterocycles. The molecule has 13 heavy (non-hydrogen) atoms. The maximum Gasteiger partial charge on any atom is 0.0954 e. The van der Waals surface area contributed by atoms with Crippen molar-refractivity contribution in [1.29, 1.82) is 0 Å². The molecule has 2 rings (SSSR count). The number of aliphatic hydroxyl groups is 1. The van der Waals surface area contributed by atoms with Crippen molar-refractivity contribution >= 4 is 23.1 Å². The minimum Gasteiger partial charge on any atom is -0.387 e. The van der Waals surface area contributed by atoms with Crippen LogP contribution in [0.4, 0.5) is 0 Å². The molecule has 6 heteroatoms. The second-order valence-corrected chi connectivity index (χ2v) is 4.00. The Bertz CT molecular complexity index is 346. The van der Waals surface area contributed by atoms with Crippen molar-refractivity contribution in [2.75, 3.05) is 0 Å². The predicted molar refractivity (Wildman–Crippen MR) is 50.7 cm³/mol. The highest BCUT2D eigenvalue weighted by molar-refractivity contribution is 7.09. The van der Waals surface area contributed by atoms with Gasteiger partial charge in [0.05, 0.1) is 40.1 Å². The van der Waals surface area contributed by atoms with Gasteiger partial charge in [-0.1, -0.05) is 0 Å². The van der Waals surface area contributed by atoms with Crippen molar-refractivity contribution in [3.8, 4) is 0 Å². The van der Waals surface area contributed by atoms with Crippen molar-refractivity contribution in [2.24, 2.45) is 0 Å². The molecule has 1 unspecified atom stereocenters. The Balaban J connectivity index is 2.04. The number of aliphatic hydroxyl groups excluding tert-OH is 1. The zero-order valence-electron chi connectivity index (χ0n) is 6.62. The first-order valence-electron chi connectivity index (χ1n) is 3.69. The molecule has 1 N–H and O–H groups in total. The first kappa shape index (κ1) is 8.74. The van der Waals surface area contributed by atoms with Crippen LogP contribution in [0.2, 0.25) is 0 Å². The van der Waals surface area contributed by atoms with Gasteiger partial charge >= 0.3 is 0 Å². The van der Waals surface area contributed by atoms with Crippen LogP contribution in [0.1, 0.15) is 16.7 Å². The van der Waals surface area contributed by atoms with Gasteiger partial charge in [0.25, 0.3) is 0 Å². The fraction of sp³-hybridized carbons (Fsp3) is 0.286. The molecule has 0 aliphatic rings. The summed E-state index contributed by atoms with van der Waals surface area (Å²) in [5, 5.41) is 9.69. The van der Waals surface area contributed by atoms with Gasteiger partial charge in [-0.15, -0.1) is 11.3 Å². The maximum absolute atomic E-state index is 9.69. The molecule has 4 nitrogen and oxygen atoms in total. The largest absolute Gasteiger partial charge is 0.387 e. The number of nitrogens with zero attached hydrogens (tertiary/aromatic N) is 3. The molecular weight excluding hydrogens is 206 g/mol. The number of thiazole rings is 1. The van der Waals surface area contributed by atoms with Gasteiger partial charge in [0.2, 0.25) is 0 Å². The average molecular weight is 213 g/mol. The SMILES string of the molecule is OC(Cc1cnsn1)c1cncs1. The predicted octanol–water partition coefficient (Wildman–Crippen LogP) is 1.27. The first-order valence-corrected chi connectivity index (χ1v) is 5.30. The fourth-order valence-corrected chi connectivity index (χ4v) is 2.01. The Morgan fingerprint density at radius 3 is 3.00 bits per heavy atom. The smallest absolute Gasteiger partial charge is 0.0954 e. The maximum atomic E-state index is 9.69.